The molecule has 2 aliphatic rings. The monoisotopic (exact) mass is 427 g/mol. The number of aromatic nitrogens is 4. The van der Waals surface area contributed by atoms with Gasteiger partial charge < -0.3 is 9.64 Å². The van der Waals surface area contributed by atoms with Crippen LogP contribution in [0.4, 0.5) is 5.95 Å². The Bertz CT molecular complexity index is 1070. The zero-order valence-electron chi connectivity index (χ0n) is 17.3. The van der Waals surface area contributed by atoms with Gasteiger partial charge in [0, 0.05) is 43.5 Å². The third kappa shape index (κ3) is 3.65. The Morgan fingerprint density at radius 2 is 2.07 bits per heavy atom. The third-order valence-corrected chi connectivity index (χ3v) is 6.15. The second-order valence-electron chi connectivity index (χ2n) is 8.28. The van der Waals surface area contributed by atoms with Gasteiger partial charge in [-0.05, 0) is 39.0 Å². The Morgan fingerprint density at radius 3 is 2.87 bits per heavy atom. The van der Waals surface area contributed by atoms with Crippen LogP contribution in [0.5, 0.6) is 0 Å². The number of aryl methyl sites for hydroxylation is 1. The number of hydrogen-bond donors (Lipinski definition) is 2. The third-order valence-electron chi connectivity index (χ3n) is 5.93. The van der Waals surface area contributed by atoms with E-state index in [2.05, 4.69) is 34.6 Å². The van der Waals surface area contributed by atoms with Crippen molar-refractivity contribution < 1.29 is 4.74 Å². The summed E-state index contributed by atoms with van der Waals surface area (Å²) in [4.78, 5) is 16.4. The lowest BCUT2D eigenvalue weighted by molar-refractivity contribution is -0.0458. The summed E-state index contributed by atoms with van der Waals surface area (Å²) >= 11 is 6.21. The van der Waals surface area contributed by atoms with Crippen LogP contribution in [0.3, 0.4) is 0 Å². The zero-order chi connectivity index (χ0) is 20.8. The number of nitrogens with one attached hydrogen (secondary N) is 2. The molecule has 2 unspecified atom stereocenters. The Labute approximate surface area is 180 Å². The topological polar surface area (TPSA) is 79.6 Å². The van der Waals surface area contributed by atoms with Crippen molar-refractivity contribution in [2.24, 2.45) is 5.92 Å². The van der Waals surface area contributed by atoms with Gasteiger partial charge in [-0.1, -0.05) is 11.6 Å². The summed E-state index contributed by atoms with van der Waals surface area (Å²) < 4.78 is 8.26. The number of nitrogens with zero attached hydrogens (tertiary/aromatic N) is 5. The Kier molecular flexibility index (Phi) is 5.10. The molecule has 3 aromatic rings. The van der Waals surface area contributed by atoms with Crippen molar-refractivity contribution in [2.45, 2.75) is 39.0 Å². The first kappa shape index (κ1) is 19.7. The molecule has 0 bridgehead atoms. The molecule has 5 rings (SSSR count). The maximum Gasteiger partial charge on any atom is 0.226 e. The predicted molar refractivity (Wildman–Crippen MR) is 117 cm³/mol. The molecule has 9 heteroatoms. The first-order valence-corrected chi connectivity index (χ1v) is 10.7. The van der Waals surface area contributed by atoms with Crippen molar-refractivity contribution >= 4 is 23.2 Å². The fraction of sp³-hybridized carbons (Fsp3) is 0.476. The number of morpholine rings is 1. The number of ether oxygens (including phenoxy) is 1. The van der Waals surface area contributed by atoms with Crippen molar-refractivity contribution in [2.75, 3.05) is 24.5 Å². The fourth-order valence-corrected chi connectivity index (χ4v) is 4.59. The van der Waals surface area contributed by atoms with E-state index in [1.54, 1.807) is 0 Å². The molecule has 2 aliphatic heterocycles. The number of fused-ring (bicyclic) bond motifs is 1. The van der Waals surface area contributed by atoms with Crippen LogP contribution in [-0.4, -0.2) is 57.2 Å². The molecule has 2 saturated heterocycles. The average Bonchev–Trinajstić information content (AvgIpc) is 3.32. The minimum Gasteiger partial charge on any atom is -0.371 e. The highest BCUT2D eigenvalue weighted by Crippen LogP contribution is 2.27. The lowest BCUT2D eigenvalue weighted by atomic mass is 9.95. The van der Waals surface area contributed by atoms with Crippen LogP contribution in [-0.2, 0) is 4.74 Å². The van der Waals surface area contributed by atoms with Crippen molar-refractivity contribution in [3.8, 4) is 11.4 Å². The highest BCUT2D eigenvalue weighted by Gasteiger charge is 2.37. The van der Waals surface area contributed by atoms with Gasteiger partial charge in [-0.15, -0.1) is 0 Å². The van der Waals surface area contributed by atoms with E-state index >= 15 is 0 Å². The van der Waals surface area contributed by atoms with Gasteiger partial charge in [0.25, 0.3) is 0 Å². The first-order chi connectivity index (χ1) is 14.5. The second-order valence-corrected chi connectivity index (χ2v) is 8.72. The molecule has 2 fully saturated rings. The number of pyridine rings is 1. The van der Waals surface area contributed by atoms with Crippen LogP contribution in [0, 0.1) is 12.8 Å². The minimum atomic E-state index is 0.110. The van der Waals surface area contributed by atoms with Crippen molar-refractivity contribution in [3.05, 3.63) is 41.3 Å². The molecule has 5 heterocycles. The molecule has 0 spiro atoms. The van der Waals surface area contributed by atoms with Gasteiger partial charge in [0.15, 0.2) is 0 Å². The van der Waals surface area contributed by atoms with E-state index in [4.69, 9.17) is 26.3 Å². The SMILES string of the molecule is Cc1cc(-c2cnc3ccc(Cl)cn23)nc(N2C[C@@H](C3CNNC3C)O[C@@H](C)C2)n1. The maximum absolute atomic E-state index is 6.29. The van der Waals surface area contributed by atoms with E-state index in [1.807, 2.05) is 41.9 Å². The van der Waals surface area contributed by atoms with E-state index in [9.17, 15) is 0 Å². The predicted octanol–water partition coefficient (Wildman–Crippen LogP) is 2.46. The van der Waals surface area contributed by atoms with Crippen LogP contribution in [0.15, 0.2) is 30.6 Å². The largest absolute Gasteiger partial charge is 0.371 e. The quantitative estimate of drug-likeness (QED) is 0.664. The molecule has 0 saturated carbocycles. The number of anilines is 1. The van der Waals surface area contributed by atoms with Crippen molar-refractivity contribution in [1.29, 1.82) is 0 Å². The molecule has 0 aliphatic carbocycles. The molecule has 2 N–H and O–H groups in total. The molecule has 4 atom stereocenters. The van der Waals surface area contributed by atoms with Crippen molar-refractivity contribution in [3.63, 3.8) is 0 Å². The molecule has 0 amide bonds. The van der Waals surface area contributed by atoms with E-state index < -0.39 is 0 Å². The number of rotatable bonds is 3. The molecule has 3 aromatic heterocycles. The number of hydrazine groups is 1. The normalized spacial score (nSPS) is 27.1. The van der Waals surface area contributed by atoms with Crippen LogP contribution in [0.25, 0.3) is 17.0 Å². The van der Waals surface area contributed by atoms with Crippen molar-refractivity contribution in [1.82, 2.24) is 30.2 Å². The van der Waals surface area contributed by atoms with Gasteiger partial charge in [-0.2, -0.15) is 0 Å². The van der Waals surface area contributed by atoms with Gasteiger partial charge in [0.1, 0.15) is 5.65 Å². The Balaban J connectivity index is 1.49. The lowest BCUT2D eigenvalue weighted by Gasteiger charge is -2.40. The number of hydrogen-bond acceptors (Lipinski definition) is 7. The molecule has 8 nitrogen and oxygen atoms in total. The smallest absolute Gasteiger partial charge is 0.226 e. The maximum atomic E-state index is 6.29. The highest BCUT2D eigenvalue weighted by atomic mass is 35.5. The Morgan fingerprint density at radius 1 is 1.20 bits per heavy atom. The minimum absolute atomic E-state index is 0.110. The fourth-order valence-electron chi connectivity index (χ4n) is 4.43. The summed E-state index contributed by atoms with van der Waals surface area (Å²) in [6.45, 7) is 8.73. The van der Waals surface area contributed by atoms with Crippen LogP contribution < -0.4 is 15.8 Å². The molecule has 30 heavy (non-hydrogen) atoms. The van der Waals surface area contributed by atoms with Gasteiger partial charge in [-0.3, -0.25) is 15.3 Å². The van der Waals surface area contributed by atoms with E-state index in [-0.39, 0.29) is 12.2 Å². The first-order valence-electron chi connectivity index (χ1n) is 10.4. The number of halogens is 1. The summed E-state index contributed by atoms with van der Waals surface area (Å²) in [6, 6.07) is 6.09. The van der Waals surface area contributed by atoms with Gasteiger partial charge >= 0.3 is 0 Å². The van der Waals surface area contributed by atoms with Gasteiger partial charge in [-0.25, -0.2) is 15.0 Å². The van der Waals surface area contributed by atoms with E-state index in [0.29, 0.717) is 17.0 Å². The number of imidazole rings is 1. The van der Waals surface area contributed by atoms with E-state index in [1.165, 1.54) is 0 Å². The summed E-state index contributed by atoms with van der Waals surface area (Å²) in [7, 11) is 0. The lowest BCUT2D eigenvalue weighted by Crippen LogP contribution is -2.52. The average molecular weight is 428 g/mol. The van der Waals surface area contributed by atoms with Crippen LogP contribution in [0.1, 0.15) is 19.5 Å². The molecular weight excluding hydrogens is 402 g/mol. The van der Waals surface area contributed by atoms with Gasteiger partial charge in [0.2, 0.25) is 5.95 Å². The standard InChI is InChI=1S/C21H26ClN7O/c1-12-6-17(18-8-23-20-5-4-15(22)10-29(18)20)26-21(25-12)28-9-13(2)30-19(11-28)16-7-24-27-14(16)3/h4-6,8,10,13-14,16,19,24,27H,7,9,11H2,1-3H3/t13-,14?,16?,19-/m0/s1. The summed E-state index contributed by atoms with van der Waals surface area (Å²) in [5, 5.41) is 0.658. The zero-order valence-corrected chi connectivity index (χ0v) is 18.1. The Hall–Kier alpha value is -2.26. The summed E-state index contributed by atoms with van der Waals surface area (Å²) in [5.41, 5.74) is 10.0. The summed E-state index contributed by atoms with van der Waals surface area (Å²) in [5.74, 6) is 1.13. The summed E-state index contributed by atoms with van der Waals surface area (Å²) in [6.07, 6.45) is 3.93. The molecule has 0 radical (unpaired) electrons. The van der Waals surface area contributed by atoms with E-state index in [0.717, 1.165) is 48.3 Å². The van der Waals surface area contributed by atoms with Gasteiger partial charge in [0.05, 0.1) is 34.8 Å². The molecular formula is C21H26ClN7O. The van der Waals surface area contributed by atoms with Crippen LogP contribution >= 0.6 is 11.6 Å². The molecule has 158 valence electrons. The molecule has 0 aromatic carbocycles. The van der Waals surface area contributed by atoms with Crippen LogP contribution in [0.2, 0.25) is 5.02 Å². The highest BCUT2D eigenvalue weighted by molar-refractivity contribution is 6.30. The second kappa shape index (κ2) is 7.77.